The molecule has 1 aliphatic rings. The van der Waals surface area contributed by atoms with E-state index in [0.717, 1.165) is 5.92 Å². The first-order valence-corrected chi connectivity index (χ1v) is 11.9. The van der Waals surface area contributed by atoms with Crippen LogP contribution in [0.2, 0.25) is 0 Å². The molecule has 32 heavy (non-hydrogen) atoms. The van der Waals surface area contributed by atoms with Crippen LogP contribution in [0.25, 0.3) is 0 Å². The van der Waals surface area contributed by atoms with Gasteiger partial charge in [-0.3, -0.25) is 0 Å². The molecule has 3 nitrogen and oxygen atoms in total. The zero-order valence-corrected chi connectivity index (χ0v) is 19.2. The molecule has 0 spiro atoms. The summed E-state index contributed by atoms with van der Waals surface area (Å²) >= 11 is 0. The van der Waals surface area contributed by atoms with Crippen LogP contribution >= 0.6 is 0 Å². The van der Waals surface area contributed by atoms with Crippen molar-refractivity contribution in [2.45, 2.75) is 71.1 Å². The average Bonchev–Trinajstić information content (AvgIpc) is 2.82. The Morgan fingerprint density at radius 2 is 1.69 bits per heavy atom. The monoisotopic (exact) mass is 444 g/mol. The fourth-order valence-corrected chi connectivity index (χ4v) is 4.50. The summed E-state index contributed by atoms with van der Waals surface area (Å²) in [7, 11) is 0. The summed E-state index contributed by atoms with van der Waals surface area (Å²) in [5.74, 6) is -1.87. The van der Waals surface area contributed by atoms with Gasteiger partial charge in [-0.2, -0.15) is 4.39 Å². The first kappa shape index (κ1) is 24.4. The highest BCUT2D eigenvalue weighted by Gasteiger charge is 2.23. The van der Waals surface area contributed by atoms with Gasteiger partial charge in [0.15, 0.2) is 11.6 Å². The highest BCUT2D eigenvalue weighted by atomic mass is 19.2. The standard InChI is InChI=1S/C27H34F2O3/c1-3-5-6-19-7-9-20(10-8-19)21-11-13-23(14-12-21)27(30)32-24-16-15-22(17-18-31-4-2)25(28)26(24)29/h11-16,19-20H,3-10,17-18H2,1-2H3/t19-,20-. The Balaban J connectivity index is 1.58. The van der Waals surface area contributed by atoms with E-state index in [1.165, 1.54) is 62.6 Å². The maximum atomic E-state index is 14.4. The van der Waals surface area contributed by atoms with E-state index in [1.807, 2.05) is 19.1 Å². The second kappa shape index (κ2) is 12.1. The van der Waals surface area contributed by atoms with E-state index in [9.17, 15) is 13.6 Å². The Morgan fingerprint density at radius 1 is 0.969 bits per heavy atom. The quantitative estimate of drug-likeness (QED) is 0.220. The Morgan fingerprint density at radius 3 is 2.34 bits per heavy atom. The van der Waals surface area contributed by atoms with Gasteiger partial charge in [0.1, 0.15) is 0 Å². The summed E-state index contributed by atoms with van der Waals surface area (Å²) < 4.78 is 39.0. The Kier molecular flexibility index (Phi) is 9.22. The van der Waals surface area contributed by atoms with Crippen molar-refractivity contribution >= 4 is 5.97 Å². The molecule has 0 N–H and O–H groups in total. The maximum absolute atomic E-state index is 14.4. The Labute approximate surface area is 190 Å². The molecular formula is C27H34F2O3. The minimum Gasteiger partial charge on any atom is -0.420 e. The SMILES string of the molecule is CCCC[C@H]1CC[C@H](c2ccc(C(=O)Oc3ccc(CCOCC)c(F)c3F)cc2)CC1. The van der Waals surface area contributed by atoms with Crippen LogP contribution in [-0.2, 0) is 11.2 Å². The maximum Gasteiger partial charge on any atom is 0.343 e. The van der Waals surface area contributed by atoms with Crippen LogP contribution in [0, 0.1) is 17.6 Å². The summed E-state index contributed by atoms with van der Waals surface area (Å²) in [5.41, 5.74) is 1.75. The summed E-state index contributed by atoms with van der Waals surface area (Å²) in [5, 5.41) is 0. The normalized spacial score (nSPS) is 18.5. The number of ether oxygens (including phenoxy) is 2. The molecule has 2 aromatic rings. The van der Waals surface area contributed by atoms with E-state index < -0.39 is 23.4 Å². The minimum absolute atomic E-state index is 0.199. The molecule has 2 aromatic carbocycles. The summed E-state index contributed by atoms with van der Waals surface area (Å²) in [6.45, 7) is 4.89. The number of halogens is 2. The first-order chi connectivity index (χ1) is 15.5. The predicted octanol–water partition coefficient (Wildman–Crippen LogP) is 7.23. The van der Waals surface area contributed by atoms with Crippen LogP contribution in [0.4, 0.5) is 8.78 Å². The van der Waals surface area contributed by atoms with Crippen molar-refractivity contribution in [2.24, 2.45) is 5.92 Å². The molecule has 0 aromatic heterocycles. The third-order valence-corrected chi connectivity index (χ3v) is 6.48. The van der Waals surface area contributed by atoms with Crippen LogP contribution in [0.15, 0.2) is 36.4 Å². The molecule has 1 aliphatic carbocycles. The number of hydrogen-bond donors (Lipinski definition) is 0. The zero-order valence-electron chi connectivity index (χ0n) is 19.2. The van der Waals surface area contributed by atoms with Gasteiger partial charge in [0.2, 0.25) is 5.82 Å². The number of benzene rings is 2. The number of carbonyl (C=O) groups excluding carboxylic acids is 1. The van der Waals surface area contributed by atoms with Gasteiger partial charge in [-0.15, -0.1) is 0 Å². The Hall–Kier alpha value is -2.27. The second-order valence-electron chi connectivity index (χ2n) is 8.67. The molecule has 0 bridgehead atoms. The van der Waals surface area contributed by atoms with Crippen molar-refractivity contribution in [3.63, 3.8) is 0 Å². The number of esters is 1. The number of rotatable bonds is 10. The van der Waals surface area contributed by atoms with Crippen molar-refractivity contribution in [3.05, 3.63) is 64.7 Å². The van der Waals surface area contributed by atoms with Gasteiger partial charge in [-0.1, -0.05) is 44.4 Å². The van der Waals surface area contributed by atoms with Crippen LogP contribution in [0.3, 0.4) is 0 Å². The molecule has 0 atom stereocenters. The lowest BCUT2D eigenvalue weighted by molar-refractivity contribution is 0.0726. The van der Waals surface area contributed by atoms with Crippen LogP contribution in [-0.4, -0.2) is 19.2 Å². The van der Waals surface area contributed by atoms with Gasteiger partial charge >= 0.3 is 5.97 Å². The van der Waals surface area contributed by atoms with Crippen LogP contribution in [0.1, 0.15) is 86.2 Å². The lowest BCUT2D eigenvalue weighted by Crippen LogP contribution is -2.14. The molecule has 174 valence electrons. The molecule has 1 saturated carbocycles. The van der Waals surface area contributed by atoms with Crippen LogP contribution < -0.4 is 4.74 Å². The molecule has 0 saturated heterocycles. The van der Waals surface area contributed by atoms with Crippen molar-refractivity contribution in [1.29, 1.82) is 0 Å². The van der Waals surface area contributed by atoms with Crippen molar-refractivity contribution in [1.82, 2.24) is 0 Å². The van der Waals surface area contributed by atoms with Gasteiger partial charge in [-0.05, 0) is 80.2 Å². The van der Waals surface area contributed by atoms with Crippen molar-refractivity contribution in [2.75, 3.05) is 13.2 Å². The average molecular weight is 445 g/mol. The van der Waals surface area contributed by atoms with Gasteiger partial charge in [0.25, 0.3) is 0 Å². The zero-order chi connectivity index (χ0) is 22.9. The third kappa shape index (κ3) is 6.38. The number of unbranched alkanes of at least 4 members (excludes halogenated alkanes) is 1. The molecule has 0 radical (unpaired) electrons. The third-order valence-electron chi connectivity index (χ3n) is 6.48. The first-order valence-electron chi connectivity index (χ1n) is 11.9. The van der Waals surface area contributed by atoms with E-state index >= 15 is 0 Å². The van der Waals surface area contributed by atoms with Gasteiger partial charge in [0.05, 0.1) is 12.2 Å². The molecular weight excluding hydrogens is 410 g/mol. The molecule has 0 unspecified atom stereocenters. The molecule has 5 heteroatoms. The van der Waals surface area contributed by atoms with Crippen molar-refractivity contribution in [3.8, 4) is 5.75 Å². The van der Waals surface area contributed by atoms with Crippen molar-refractivity contribution < 1.29 is 23.0 Å². The number of hydrogen-bond acceptors (Lipinski definition) is 3. The minimum atomic E-state index is -1.15. The lowest BCUT2D eigenvalue weighted by atomic mass is 9.77. The molecule has 0 aliphatic heterocycles. The fourth-order valence-electron chi connectivity index (χ4n) is 4.50. The van der Waals surface area contributed by atoms with Gasteiger partial charge in [0, 0.05) is 6.61 Å². The van der Waals surface area contributed by atoms with E-state index in [4.69, 9.17) is 9.47 Å². The van der Waals surface area contributed by atoms with E-state index in [1.54, 1.807) is 12.1 Å². The largest absolute Gasteiger partial charge is 0.420 e. The molecule has 0 heterocycles. The van der Waals surface area contributed by atoms with Gasteiger partial charge < -0.3 is 9.47 Å². The number of carbonyl (C=O) groups is 1. The second-order valence-corrected chi connectivity index (χ2v) is 8.67. The Bertz CT molecular complexity index is 871. The van der Waals surface area contributed by atoms with Crippen LogP contribution in [0.5, 0.6) is 5.75 Å². The topological polar surface area (TPSA) is 35.5 Å². The smallest absolute Gasteiger partial charge is 0.343 e. The predicted molar refractivity (Wildman–Crippen MR) is 122 cm³/mol. The van der Waals surface area contributed by atoms with E-state index in [0.29, 0.717) is 24.7 Å². The lowest BCUT2D eigenvalue weighted by Gasteiger charge is -2.28. The fraction of sp³-hybridized carbons (Fsp3) is 0.519. The summed E-state index contributed by atoms with van der Waals surface area (Å²) in [6.07, 6.45) is 9.04. The summed E-state index contributed by atoms with van der Waals surface area (Å²) in [6, 6.07) is 10.1. The summed E-state index contributed by atoms with van der Waals surface area (Å²) in [4.78, 5) is 12.5. The molecule has 0 amide bonds. The molecule has 1 fully saturated rings. The van der Waals surface area contributed by atoms with E-state index in [2.05, 4.69) is 6.92 Å². The van der Waals surface area contributed by atoms with Gasteiger partial charge in [-0.25, -0.2) is 9.18 Å². The highest BCUT2D eigenvalue weighted by molar-refractivity contribution is 5.91. The highest BCUT2D eigenvalue weighted by Crippen LogP contribution is 2.37. The molecule has 3 rings (SSSR count). The van der Waals surface area contributed by atoms with E-state index in [-0.39, 0.29) is 12.0 Å².